The highest BCUT2D eigenvalue weighted by molar-refractivity contribution is 7.13. The van der Waals surface area contributed by atoms with E-state index in [4.69, 9.17) is 16.0 Å². The molecule has 1 amide bonds. The van der Waals surface area contributed by atoms with Gasteiger partial charge in [-0.3, -0.25) is 9.69 Å². The summed E-state index contributed by atoms with van der Waals surface area (Å²) in [6, 6.07) is 11.5. The molecule has 0 fully saturated rings. The van der Waals surface area contributed by atoms with E-state index in [9.17, 15) is 4.79 Å². The van der Waals surface area contributed by atoms with Crippen molar-refractivity contribution in [1.82, 2.24) is 20.0 Å². The summed E-state index contributed by atoms with van der Waals surface area (Å²) in [4.78, 5) is 17.5. The molecule has 0 spiro atoms. The van der Waals surface area contributed by atoms with Crippen molar-refractivity contribution in [2.45, 2.75) is 26.4 Å². The van der Waals surface area contributed by atoms with Gasteiger partial charge in [-0.2, -0.15) is 0 Å². The van der Waals surface area contributed by atoms with Gasteiger partial charge in [-0.1, -0.05) is 42.8 Å². The molecule has 0 aliphatic rings. The highest BCUT2D eigenvalue weighted by Crippen LogP contribution is 2.23. The minimum absolute atomic E-state index is 0.0206. The number of thiophene rings is 1. The lowest BCUT2D eigenvalue weighted by atomic mass is 10.2. The number of halogens is 1. The molecule has 2 heterocycles. The molecule has 0 bridgehead atoms. The van der Waals surface area contributed by atoms with Crippen LogP contribution in [0.15, 0.2) is 46.2 Å². The zero-order valence-corrected chi connectivity index (χ0v) is 17.5. The molecule has 0 saturated carbocycles. The first-order chi connectivity index (χ1) is 13.6. The van der Waals surface area contributed by atoms with Crippen LogP contribution >= 0.6 is 22.9 Å². The average Bonchev–Trinajstić information content (AvgIpc) is 3.34. The molecule has 1 aromatic carbocycles. The predicted molar refractivity (Wildman–Crippen MR) is 111 cm³/mol. The lowest BCUT2D eigenvalue weighted by molar-refractivity contribution is -0.133. The molecule has 8 heteroatoms. The van der Waals surface area contributed by atoms with Crippen LogP contribution in [0.2, 0.25) is 5.02 Å². The van der Waals surface area contributed by atoms with E-state index in [1.54, 1.807) is 16.2 Å². The lowest BCUT2D eigenvalue weighted by Gasteiger charge is -2.24. The van der Waals surface area contributed by atoms with Crippen LogP contribution in [-0.2, 0) is 17.9 Å². The minimum Gasteiger partial charge on any atom is -0.418 e. The Labute approximate surface area is 173 Å². The van der Waals surface area contributed by atoms with Crippen LogP contribution in [-0.4, -0.2) is 46.0 Å². The molecule has 148 valence electrons. The summed E-state index contributed by atoms with van der Waals surface area (Å²) in [5.41, 5.74) is 0.999. The zero-order valence-electron chi connectivity index (χ0n) is 16.0. The van der Waals surface area contributed by atoms with Crippen LogP contribution in [0, 0.1) is 0 Å². The first-order valence-corrected chi connectivity index (χ1v) is 10.4. The van der Waals surface area contributed by atoms with Gasteiger partial charge >= 0.3 is 0 Å². The van der Waals surface area contributed by atoms with E-state index in [0.29, 0.717) is 36.4 Å². The van der Waals surface area contributed by atoms with Gasteiger partial charge in [-0.05, 0) is 36.5 Å². The molecule has 6 nitrogen and oxygen atoms in total. The molecule has 0 atom stereocenters. The van der Waals surface area contributed by atoms with Crippen LogP contribution in [0.1, 0.15) is 24.8 Å². The Morgan fingerprint density at radius 1 is 1.18 bits per heavy atom. The van der Waals surface area contributed by atoms with Gasteiger partial charge in [0.2, 0.25) is 11.8 Å². The van der Waals surface area contributed by atoms with Gasteiger partial charge in [0.05, 0.1) is 18.0 Å². The third-order valence-electron chi connectivity index (χ3n) is 4.17. The summed E-state index contributed by atoms with van der Waals surface area (Å²) in [6.07, 6.45) is 0.853. The second kappa shape index (κ2) is 9.82. The van der Waals surface area contributed by atoms with Crippen molar-refractivity contribution in [3.63, 3.8) is 0 Å². The number of aromatic nitrogens is 2. The van der Waals surface area contributed by atoms with Crippen LogP contribution in [0.5, 0.6) is 0 Å². The number of carbonyl (C=O) groups is 1. The van der Waals surface area contributed by atoms with Crippen molar-refractivity contribution >= 4 is 28.8 Å². The molecule has 0 aliphatic heterocycles. The van der Waals surface area contributed by atoms with E-state index in [2.05, 4.69) is 10.2 Å². The summed E-state index contributed by atoms with van der Waals surface area (Å²) in [6.45, 7) is 3.88. The molecule has 0 unspecified atom stereocenters. The maximum absolute atomic E-state index is 12.8. The number of amides is 1. The number of rotatable bonds is 9. The van der Waals surface area contributed by atoms with Crippen LogP contribution < -0.4 is 0 Å². The topological polar surface area (TPSA) is 62.5 Å². The second-order valence-corrected chi connectivity index (χ2v) is 7.91. The van der Waals surface area contributed by atoms with Crippen molar-refractivity contribution in [2.24, 2.45) is 0 Å². The van der Waals surface area contributed by atoms with E-state index < -0.39 is 0 Å². The first kappa shape index (κ1) is 20.5. The normalized spacial score (nSPS) is 11.1. The van der Waals surface area contributed by atoms with Crippen molar-refractivity contribution in [3.8, 4) is 10.8 Å². The highest BCUT2D eigenvalue weighted by atomic mass is 35.5. The molecule has 0 N–H and O–H groups in total. The van der Waals surface area contributed by atoms with Crippen molar-refractivity contribution in [2.75, 3.05) is 20.1 Å². The fourth-order valence-electron chi connectivity index (χ4n) is 2.85. The summed E-state index contributed by atoms with van der Waals surface area (Å²) in [5, 5.41) is 10.9. The Morgan fingerprint density at radius 3 is 2.71 bits per heavy atom. The monoisotopic (exact) mass is 418 g/mol. The Hall–Kier alpha value is -2.22. The third-order valence-corrected chi connectivity index (χ3v) is 5.40. The lowest BCUT2D eigenvalue weighted by Crippen LogP contribution is -2.39. The number of hydrogen-bond acceptors (Lipinski definition) is 6. The molecule has 3 rings (SSSR count). The SMILES string of the molecule is CCCN(Cc1nnc(-c2cccs2)o1)C(=O)CN(C)Cc1ccccc1Cl. The molecule has 0 aliphatic carbocycles. The highest BCUT2D eigenvalue weighted by Gasteiger charge is 2.19. The fraction of sp³-hybridized carbons (Fsp3) is 0.350. The second-order valence-electron chi connectivity index (χ2n) is 6.56. The average molecular weight is 419 g/mol. The van der Waals surface area contributed by atoms with Gasteiger partial charge in [-0.15, -0.1) is 21.5 Å². The van der Waals surface area contributed by atoms with Gasteiger partial charge in [-0.25, -0.2) is 0 Å². The number of benzene rings is 1. The Morgan fingerprint density at radius 2 is 2.00 bits per heavy atom. The van der Waals surface area contributed by atoms with Gasteiger partial charge < -0.3 is 9.32 Å². The summed E-state index contributed by atoms with van der Waals surface area (Å²) < 4.78 is 5.73. The molecule has 0 saturated heterocycles. The van der Waals surface area contributed by atoms with Crippen LogP contribution in [0.3, 0.4) is 0 Å². The van der Waals surface area contributed by atoms with Gasteiger partial charge in [0, 0.05) is 18.1 Å². The summed E-state index contributed by atoms with van der Waals surface area (Å²) >= 11 is 7.76. The van der Waals surface area contributed by atoms with Gasteiger partial charge in [0.25, 0.3) is 5.89 Å². The smallest absolute Gasteiger partial charge is 0.257 e. The number of hydrogen-bond donors (Lipinski definition) is 0. The molecule has 0 radical (unpaired) electrons. The van der Waals surface area contributed by atoms with Gasteiger partial charge in [0.1, 0.15) is 0 Å². The largest absolute Gasteiger partial charge is 0.418 e. The number of likely N-dealkylation sites (N-methyl/N-ethyl adjacent to an activating group) is 1. The quantitative estimate of drug-likeness (QED) is 0.517. The van der Waals surface area contributed by atoms with E-state index in [1.165, 1.54) is 0 Å². The molecular weight excluding hydrogens is 396 g/mol. The molecule has 2 aromatic heterocycles. The number of nitrogens with zero attached hydrogens (tertiary/aromatic N) is 4. The minimum atomic E-state index is 0.0206. The summed E-state index contributed by atoms with van der Waals surface area (Å²) in [7, 11) is 1.91. The fourth-order valence-corrected chi connectivity index (χ4v) is 3.69. The van der Waals surface area contributed by atoms with Crippen LogP contribution in [0.25, 0.3) is 10.8 Å². The predicted octanol–water partition coefficient (Wildman–Crippen LogP) is 4.32. The standard InChI is InChI=1S/C20H23ClN4O2S/c1-3-10-25(13-18-22-23-20(27-18)17-9-6-11-28-17)19(26)14-24(2)12-15-7-4-5-8-16(15)21/h4-9,11H,3,10,12-14H2,1-2H3. The van der Waals surface area contributed by atoms with E-state index in [-0.39, 0.29) is 12.5 Å². The van der Waals surface area contributed by atoms with Crippen molar-refractivity contribution in [3.05, 3.63) is 58.3 Å². The number of carbonyl (C=O) groups excluding carboxylic acids is 1. The van der Waals surface area contributed by atoms with E-state index >= 15 is 0 Å². The van der Waals surface area contributed by atoms with Crippen molar-refractivity contribution in [1.29, 1.82) is 0 Å². The Bertz CT molecular complexity index is 897. The molecule has 28 heavy (non-hydrogen) atoms. The Balaban J connectivity index is 1.61. The molecular formula is C20H23ClN4O2S. The zero-order chi connectivity index (χ0) is 19.9. The van der Waals surface area contributed by atoms with Gasteiger partial charge in [0.15, 0.2) is 0 Å². The third kappa shape index (κ3) is 5.41. The maximum Gasteiger partial charge on any atom is 0.257 e. The molecule has 3 aromatic rings. The van der Waals surface area contributed by atoms with E-state index in [0.717, 1.165) is 16.9 Å². The van der Waals surface area contributed by atoms with Crippen molar-refractivity contribution < 1.29 is 9.21 Å². The summed E-state index contributed by atoms with van der Waals surface area (Å²) in [5.74, 6) is 0.955. The van der Waals surface area contributed by atoms with Crippen LogP contribution in [0.4, 0.5) is 0 Å². The first-order valence-electron chi connectivity index (χ1n) is 9.12. The Kier molecular flexibility index (Phi) is 7.19. The maximum atomic E-state index is 12.8. The van der Waals surface area contributed by atoms with E-state index in [1.807, 2.05) is 60.6 Å².